The summed E-state index contributed by atoms with van der Waals surface area (Å²) >= 11 is 0. The Balaban J connectivity index is 2.20. The maximum atomic E-state index is 11.9. The second-order valence-electron chi connectivity index (χ2n) is 4.55. The third-order valence-corrected chi connectivity index (χ3v) is 3.37. The minimum atomic E-state index is 0.160. The van der Waals surface area contributed by atoms with Crippen molar-refractivity contribution >= 4 is 11.8 Å². The maximum absolute atomic E-state index is 11.9. The largest absolute Gasteiger partial charge is 0.343 e. The molecule has 1 aliphatic heterocycles. The summed E-state index contributed by atoms with van der Waals surface area (Å²) < 4.78 is 0. The van der Waals surface area contributed by atoms with Gasteiger partial charge >= 0.3 is 0 Å². The molecule has 1 saturated heterocycles. The zero-order valence-corrected chi connectivity index (χ0v) is 11.6. The van der Waals surface area contributed by atoms with Gasteiger partial charge in [-0.05, 0) is 20.3 Å². The minimum Gasteiger partial charge on any atom is -0.343 e. The average molecular weight is 255 g/mol. The molecule has 1 aliphatic rings. The highest BCUT2D eigenvalue weighted by molar-refractivity contribution is 5.79. The second kappa shape index (κ2) is 8.08. The van der Waals surface area contributed by atoms with Gasteiger partial charge in [-0.1, -0.05) is 0 Å². The smallest absolute Gasteiger partial charge is 0.222 e. The van der Waals surface area contributed by atoms with Crippen molar-refractivity contribution in [3.05, 3.63) is 0 Å². The number of hydrogen-bond donors (Lipinski definition) is 1. The van der Waals surface area contributed by atoms with Crippen LogP contribution in [0.4, 0.5) is 0 Å². The highest BCUT2D eigenvalue weighted by atomic mass is 16.2. The fourth-order valence-corrected chi connectivity index (χ4v) is 2.20. The van der Waals surface area contributed by atoms with Crippen LogP contribution in [0.1, 0.15) is 33.1 Å². The molecule has 0 spiro atoms. The van der Waals surface area contributed by atoms with E-state index in [9.17, 15) is 9.59 Å². The summed E-state index contributed by atoms with van der Waals surface area (Å²) in [5.41, 5.74) is 0. The van der Waals surface area contributed by atoms with Crippen molar-refractivity contribution in [3.8, 4) is 0 Å². The van der Waals surface area contributed by atoms with Crippen molar-refractivity contribution in [2.24, 2.45) is 0 Å². The van der Waals surface area contributed by atoms with E-state index >= 15 is 0 Å². The lowest BCUT2D eigenvalue weighted by Gasteiger charge is -2.27. The Labute approximate surface area is 110 Å². The summed E-state index contributed by atoms with van der Waals surface area (Å²) in [4.78, 5) is 27.3. The van der Waals surface area contributed by atoms with Crippen LogP contribution in [0.3, 0.4) is 0 Å². The van der Waals surface area contributed by atoms with Crippen molar-refractivity contribution in [1.82, 2.24) is 15.1 Å². The molecule has 1 rings (SSSR count). The van der Waals surface area contributed by atoms with E-state index in [1.807, 2.05) is 23.6 Å². The molecule has 2 amide bonds. The lowest BCUT2D eigenvalue weighted by molar-refractivity contribution is -0.133. The first-order valence-corrected chi connectivity index (χ1v) is 6.95. The molecule has 0 aliphatic carbocycles. The summed E-state index contributed by atoms with van der Waals surface area (Å²) in [6.07, 6.45) is 1.64. The molecular weight excluding hydrogens is 230 g/mol. The molecule has 5 heteroatoms. The molecule has 0 saturated carbocycles. The molecule has 1 heterocycles. The fourth-order valence-electron chi connectivity index (χ4n) is 2.20. The normalized spacial score (nSPS) is 15.6. The highest BCUT2D eigenvalue weighted by Gasteiger charge is 2.16. The molecule has 0 radical (unpaired) electrons. The Morgan fingerprint density at radius 1 is 1.11 bits per heavy atom. The van der Waals surface area contributed by atoms with Gasteiger partial charge in [0.25, 0.3) is 0 Å². The SMILES string of the molecule is CCN(CC)C(=O)CCCC(=O)N1CCNCC1. The van der Waals surface area contributed by atoms with E-state index in [1.165, 1.54) is 0 Å². The van der Waals surface area contributed by atoms with Gasteiger partial charge in [-0.2, -0.15) is 0 Å². The number of amides is 2. The molecule has 0 aromatic heterocycles. The molecule has 1 fully saturated rings. The number of nitrogens with zero attached hydrogens (tertiary/aromatic N) is 2. The van der Waals surface area contributed by atoms with Crippen molar-refractivity contribution in [3.63, 3.8) is 0 Å². The van der Waals surface area contributed by atoms with Crippen molar-refractivity contribution in [2.75, 3.05) is 39.3 Å². The van der Waals surface area contributed by atoms with Gasteiger partial charge in [0.15, 0.2) is 0 Å². The molecule has 104 valence electrons. The monoisotopic (exact) mass is 255 g/mol. The van der Waals surface area contributed by atoms with Crippen molar-refractivity contribution in [2.45, 2.75) is 33.1 Å². The molecule has 0 bridgehead atoms. The number of rotatable bonds is 6. The predicted octanol–water partition coefficient (Wildman–Crippen LogP) is 0.457. The van der Waals surface area contributed by atoms with E-state index in [4.69, 9.17) is 0 Å². The van der Waals surface area contributed by atoms with E-state index in [0.29, 0.717) is 19.3 Å². The van der Waals surface area contributed by atoms with Crippen LogP contribution in [-0.4, -0.2) is 60.9 Å². The molecule has 0 unspecified atom stereocenters. The number of nitrogens with one attached hydrogen (secondary N) is 1. The van der Waals surface area contributed by atoms with Gasteiger partial charge in [-0.3, -0.25) is 9.59 Å². The van der Waals surface area contributed by atoms with Crippen LogP contribution in [0.25, 0.3) is 0 Å². The van der Waals surface area contributed by atoms with E-state index < -0.39 is 0 Å². The summed E-state index contributed by atoms with van der Waals surface area (Å²) in [6.45, 7) is 8.81. The van der Waals surface area contributed by atoms with Crippen LogP contribution in [0.15, 0.2) is 0 Å². The lowest BCUT2D eigenvalue weighted by atomic mass is 10.2. The Morgan fingerprint density at radius 3 is 2.28 bits per heavy atom. The Bertz CT molecular complexity index is 271. The quantitative estimate of drug-likeness (QED) is 0.750. The molecular formula is C13H25N3O2. The van der Waals surface area contributed by atoms with Gasteiger partial charge < -0.3 is 15.1 Å². The molecule has 0 aromatic carbocycles. The number of carbonyl (C=O) groups excluding carboxylic acids is 2. The number of carbonyl (C=O) groups is 2. The first kappa shape index (κ1) is 15.0. The molecule has 1 N–H and O–H groups in total. The van der Waals surface area contributed by atoms with Gasteiger partial charge in [0, 0.05) is 52.1 Å². The third-order valence-electron chi connectivity index (χ3n) is 3.37. The Hall–Kier alpha value is -1.10. The highest BCUT2D eigenvalue weighted by Crippen LogP contribution is 2.05. The van der Waals surface area contributed by atoms with Gasteiger partial charge in [-0.15, -0.1) is 0 Å². The first-order chi connectivity index (χ1) is 8.69. The fraction of sp³-hybridized carbons (Fsp3) is 0.846. The molecule has 0 atom stereocenters. The summed E-state index contributed by atoms with van der Waals surface area (Å²) in [5.74, 6) is 0.344. The van der Waals surface area contributed by atoms with Gasteiger partial charge in [0.1, 0.15) is 0 Å². The summed E-state index contributed by atoms with van der Waals surface area (Å²) in [5, 5.41) is 3.22. The second-order valence-corrected chi connectivity index (χ2v) is 4.55. The van der Waals surface area contributed by atoms with Gasteiger partial charge in [0.05, 0.1) is 0 Å². The van der Waals surface area contributed by atoms with E-state index in [-0.39, 0.29) is 11.8 Å². The van der Waals surface area contributed by atoms with Crippen molar-refractivity contribution < 1.29 is 9.59 Å². The van der Waals surface area contributed by atoms with Crippen LogP contribution < -0.4 is 5.32 Å². The van der Waals surface area contributed by atoms with E-state index in [0.717, 1.165) is 39.3 Å². The van der Waals surface area contributed by atoms with Gasteiger partial charge in [0.2, 0.25) is 11.8 Å². The number of piperazine rings is 1. The minimum absolute atomic E-state index is 0.160. The molecule has 0 aromatic rings. The van der Waals surface area contributed by atoms with Crippen LogP contribution in [0, 0.1) is 0 Å². The van der Waals surface area contributed by atoms with Crippen LogP contribution in [-0.2, 0) is 9.59 Å². The Kier molecular flexibility index (Phi) is 6.72. The van der Waals surface area contributed by atoms with Crippen LogP contribution >= 0.6 is 0 Å². The van der Waals surface area contributed by atoms with Crippen molar-refractivity contribution in [1.29, 1.82) is 0 Å². The zero-order valence-electron chi connectivity index (χ0n) is 11.6. The topological polar surface area (TPSA) is 52.7 Å². The average Bonchev–Trinajstić information content (AvgIpc) is 2.41. The summed E-state index contributed by atoms with van der Waals surface area (Å²) in [6, 6.07) is 0. The van der Waals surface area contributed by atoms with Crippen LogP contribution in [0.5, 0.6) is 0 Å². The lowest BCUT2D eigenvalue weighted by Crippen LogP contribution is -2.46. The van der Waals surface area contributed by atoms with E-state index in [1.54, 1.807) is 0 Å². The third kappa shape index (κ3) is 4.64. The number of hydrogen-bond acceptors (Lipinski definition) is 3. The molecule has 18 heavy (non-hydrogen) atoms. The van der Waals surface area contributed by atoms with Gasteiger partial charge in [-0.25, -0.2) is 0 Å². The Morgan fingerprint density at radius 2 is 1.72 bits per heavy atom. The summed E-state index contributed by atoms with van der Waals surface area (Å²) in [7, 11) is 0. The first-order valence-electron chi connectivity index (χ1n) is 6.95. The zero-order chi connectivity index (χ0) is 13.4. The van der Waals surface area contributed by atoms with E-state index in [2.05, 4.69) is 5.32 Å². The van der Waals surface area contributed by atoms with Crippen LogP contribution in [0.2, 0.25) is 0 Å². The predicted molar refractivity (Wildman–Crippen MR) is 71.2 cm³/mol. The maximum Gasteiger partial charge on any atom is 0.222 e. The standard InChI is InChI=1S/C13H25N3O2/c1-3-15(4-2)12(17)6-5-7-13(18)16-10-8-14-9-11-16/h14H,3-11H2,1-2H3. The molecule has 5 nitrogen and oxygen atoms in total.